The normalized spacial score (nSPS) is 16.1. The van der Waals surface area contributed by atoms with Crippen molar-refractivity contribution < 1.29 is 14.2 Å². The SMILES string of the molecule is COc1cccc(OC)c1OC1CCN(Cn2cc(Cl)cn2)CC1. The Bertz CT molecular complexity index is 647. The lowest BCUT2D eigenvalue weighted by molar-refractivity contribution is 0.0767. The Labute approximate surface area is 146 Å². The minimum absolute atomic E-state index is 0.146. The highest BCUT2D eigenvalue weighted by Gasteiger charge is 2.23. The van der Waals surface area contributed by atoms with Crippen molar-refractivity contribution >= 4 is 11.6 Å². The van der Waals surface area contributed by atoms with Gasteiger partial charge in [-0.15, -0.1) is 0 Å². The molecule has 3 rings (SSSR count). The van der Waals surface area contributed by atoms with Gasteiger partial charge in [0.2, 0.25) is 5.75 Å². The van der Waals surface area contributed by atoms with Crippen molar-refractivity contribution in [3.05, 3.63) is 35.6 Å². The van der Waals surface area contributed by atoms with Crippen LogP contribution in [0.5, 0.6) is 17.2 Å². The first-order chi connectivity index (χ1) is 11.7. The summed E-state index contributed by atoms with van der Waals surface area (Å²) < 4.78 is 18.8. The van der Waals surface area contributed by atoms with Gasteiger partial charge in [-0.1, -0.05) is 17.7 Å². The van der Waals surface area contributed by atoms with E-state index in [9.17, 15) is 0 Å². The fourth-order valence-electron chi connectivity index (χ4n) is 2.89. The molecule has 1 fully saturated rings. The molecule has 130 valence electrons. The Hall–Kier alpha value is -1.92. The molecule has 0 amide bonds. The lowest BCUT2D eigenvalue weighted by Crippen LogP contribution is -2.39. The van der Waals surface area contributed by atoms with Crippen molar-refractivity contribution in [2.45, 2.75) is 25.6 Å². The fourth-order valence-corrected chi connectivity index (χ4v) is 3.05. The zero-order chi connectivity index (χ0) is 16.9. The minimum atomic E-state index is 0.146. The Balaban J connectivity index is 1.57. The molecule has 7 heteroatoms. The molecular formula is C17H22ClN3O3. The molecule has 0 radical (unpaired) electrons. The van der Waals surface area contributed by atoms with Crippen LogP contribution in [-0.4, -0.2) is 48.1 Å². The van der Waals surface area contributed by atoms with Gasteiger partial charge in [0, 0.05) is 19.3 Å². The molecule has 0 unspecified atom stereocenters. The summed E-state index contributed by atoms with van der Waals surface area (Å²) in [5.41, 5.74) is 0. The Morgan fingerprint density at radius 3 is 2.38 bits per heavy atom. The van der Waals surface area contributed by atoms with E-state index in [-0.39, 0.29) is 6.10 Å². The van der Waals surface area contributed by atoms with E-state index in [0.717, 1.165) is 32.6 Å². The lowest BCUT2D eigenvalue weighted by atomic mass is 10.1. The number of likely N-dealkylation sites (tertiary alicyclic amines) is 1. The molecule has 1 aromatic carbocycles. The predicted octanol–water partition coefficient (Wildman–Crippen LogP) is 3.05. The topological polar surface area (TPSA) is 48.8 Å². The molecule has 1 aromatic heterocycles. The number of methoxy groups -OCH3 is 2. The summed E-state index contributed by atoms with van der Waals surface area (Å²) in [5, 5.41) is 4.88. The Morgan fingerprint density at radius 1 is 1.17 bits per heavy atom. The minimum Gasteiger partial charge on any atom is -0.493 e. The summed E-state index contributed by atoms with van der Waals surface area (Å²) in [6.07, 6.45) is 5.52. The fraction of sp³-hybridized carbons (Fsp3) is 0.471. The molecule has 1 aliphatic rings. The first-order valence-electron chi connectivity index (χ1n) is 7.97. The van der Waals surface area contributed by atoms with Gasteiger partial charge in [-0.05, 0) is 25.0 Å². The number of benzene rings is 1. The summed E-state index contributed by atoms with van der Waals surface area (Å²) in [7, 11) is 3.28. The molecule has 2 aromatic rings. The van der Waals surface area contributed by atoms with Crippen LogP contribution >= 0.6 is 11.6 Å². The summed E-state index contributed by atoms with van der Waals surface area (Å²) in [6.45, 7) is 2.64. The first kappa shape index (κ1) is 16.9. The number of para-hydroxylation sites is 1. The number of halogens is 1. The van der Waals surface area contributed by atoms with Crippen molar-refractivity contribution in [3.63, 3.8) is 0 Å². The van der Waals surface area contributed by atoms with Crippen LogP contribution in [0.2, 0.25) is 5.02 Å². The van der Waals surface area contributed by atoms with Gasteiger partial charge in [0.25, 0.3) is 0 Å². The number of piperidine rings is 1. The third kappa shape index (κ3) is 3.94. The van der Waals surface area contributed by atoms with E-state index in [1.54, 1.807) is 20.4 Å². The van der Waals surface area contributed by atoms with Crippen LogP contribution in [0, 0.1) is 0 Å². The van der Waals surface area contributed by atoms with Crippen LogP contribution in [0.1, 0.15) is 12.8 Å². The molecule has 2 heterocycles. The molecule has 0 N–H and O–H groups in total. The Kier molecular flexibility index (Phi) is 5.48. The molecule has 1 saturated heterocycles. The van der Waals surface area contributed by atoms with Crippen LogP contribution in [0.15, 0.2) is 30.6 Å². The largest absolute Gasteiger partial charge is 0.493 e. The second-order valence-electron chi connectivity index (χ2n) is 5.77. The quantitative estimate of drug-likeness (QED) is 0.800. The smallest absolute Gasteiger partial charge is 0.203 e. The molecule has 6 nitrogen and oxygen atoms in total. The van der Waals surface area contributed by atoms with Gasteiger partial charge < -0.3 is 14.2 Å². The zero-order valence-corrected chi connectivity index (χ0v) is 14.7. The van der Waals surface area contributed by atoms with E-state index >= 15 is 0 Å². The molecular weight excluding hydrogens is 330 g/mol. The maximum absolute atomic E-state index is 6.18. The molecule has 0 atom stereocenters. The number of aromatic nitrogens is 2. The van der Waals surface area contributed by atoms with E-state index in [1.807, 2.05) is 29.1 Å². The average Bonchev–Trinajstić information content (AvgIpc) is 3.01. The van der Waals surface area contributed by atoms with Gasteiger partial charge in [-0.3, -0.25) is 9.58 Å². The number of nitrogens with zero attached hydrogens (tertiary/aromatic N) is 3. The van der Waals surface area contributed by atoms with Crippen molar-refractivity contribution in [3.8, 4) is 17.2 Å². The molecule has 0 bridgehead atoms. The van der Waals surface area contributed by atoms with Crippen LogP contribution in [0.25, 0.3) is 0 Å². The molecule has 24 heavy (non-hydrogen) atoms. The van der Waals surface area contributed by atoms with E-state index in [0.29, 0.717) is 22.3 Å². The van der Waals surface area contributed by atoms with Gasteiger partial charge in [0.15, 0.2) is 11.5 Å². The van der Waals surface area contributed by atoms with E-state index < -0.39 is 0 Å². The third-order valence-electron chi connectivity index (χ3n) is 4.15. The second kappa shape index (κ2) is 7.77. The number of ether oxygens (including phenoxy) is 3. The summed E-state index contributed by atoms with van der Waals surface area (Å²) in [4.78, 5) is 2.34. The summed E-state index contributed by atoms with van der Waals surface area (Å²) in [5.74, 6) is 2.07. The van der Waals surface area contributed by atoms with Crippen LogP contribution in [-0.2, 0) is 6.67 Å². The first-order valence-corrected chi connectivity index (χ1v) is 8.35. The van der Waals surface area contributed by atoms with Crippen LogP contribution in [0.3, 0.4) is 0 Å². The summed E-state index contributed by atoms with van der Waals surface area (Å²) >= 11 is 5.90. The van der Waals surface area contributed by atoms with Gasteiger partial charge in [-0.25, -0.2) is 0 Å². The van der Waals surface area contributed by atoms with Crippen LogP contribution in [0.4, 0.5) is 0 Å². The highest BCUT2D eigenvalue weighted by molar-refractivity contribution is 6.30. The van der Waals surface area contributed by atoms with Gasteiger partial charge in [0.1, 0.15) is 6.10 Å². The van der Waals surface area contributed by atoms with Crippen molar-refractivity contribution in [1.82, 2.24) is 14.7 Å². The number of hydrogen-bond acceptors (Lipinski definition) is 5. The highest BCUT2D eigenvalue weighted by atomic mass is 35.5. The van der Waals surface area contributed by atoms with Gasteiger partial charge in [-0.2, -0.15) is 5.10 Å². The standard InChI is InChI=1S/C17H22ClN3O3/c1-22-15-4-3-5-16(23-2)17(15)24-14-6-8-20(9-7-14)12-21-11-13(18)10-19-21/h3-5,10-11,14H,6-9,12H2,1-2H3. The summed E-state index contributed by atoms with van der Waals surface area (Å²) in [6, 6.07) is 5.66. The van der Waals surface area contributed by atoms with Crippen LogP contribution < -0.4 is 14.2 Å². The van der Waals surface area contributed by atoms with Gasteiger partial charge in [0.05, 0.1) is 32.1 Å². The van der Waals surface area contributed by atoms with Crippen molar-refractivity contribution in [1.29, 1.82) is 0 Å². The molecule has 0 spiro atoms. The maximum Gasteiger partial charge on any atom is 0.203 e. The van der Waals surface area contributed by atoms with E-state index in [1.165, 1.54) is 0 Å². The number of hydrogen-bond donors (Lipinski definition) is 0. The predicted molar refractivity (Wildman–Crippen MR) is 92.0 cm³/mol. The van der Waals surface area contributed by atoms with Crippen molar-refractivity contribution in [2.24, 2.45) is 0 Å². The number of rotatable bonds is 6. The molecule has 0 aliphatic carbocycles. The molecule has 0 saturated carbocycles. The van der Waals surface area contributed by atoms with Gasteiger partial charge >= 0.3 is 0 Å². The zero-order valence-electron chi connectivity index (χ0n) is 13.9. The van der Waals surface area contributed by atoms with Crippen molar-refractivity contribution in [2.75, 3.05) is 27.3 Å². The van der Waals surface area contributed by atoms with E-state index in [2.05, 4.69) is 10.00 Å². The average molecular weight is 352 g/mol. The maximum atomic E-state index is 6.18. The monoisotopic (exact) mass is 351 g/mol. The molecule has 1 aliphatic heterocycles. The van der Waals surface area contributed by atoms with E-state index in [4.69, 9.17) is 25.8 Å². The Morgan fingerprint density at radius 2 is 1.83 bits per heavy atom. The lowest BCUT2D eigenvalue weighted by Gasteiger charge is -2.32. The third-order valence-corrected chi connectivity index (χ3v) is 4.34. The second-order valence-corrected chi connectivity index (χ2v) is 6.20. The highest BCUT2D eigenvalue weighted by Crippen LogP contribution is 2.38.